The largest absolute Gasteiger partial charge is 0.459 e. The minimum atomic E-state index is -0.363. The third kappa shape index (κ3) is 2.98. The van der Waals surface area contributed by atoms with E-state index in [1.165, 1.54) is 6.26 Å². The zero-order chi connectivity index (χ0) is 18.1. The number of benzene rings is 1. The molecule has 7 heteroatoms. The summed E-state index contributed by atoms with van der Waals surface area (Å²) in [5, 5.41) is 3.19. The number of halogens is 1. The molecule has 4 aromatic rings. The van der Waals surface area contributed by atoms with Gasteiger partial charge in [-0.2, -0.15) is 4.98 Å². The predicted molar refractivity (Wildman–Crippen MR) is 99.0 cm³/mol. The first-order valence-electron chi connectivity index (χ1n) is 7.68. The first-order valence-corrected chi connectivity index (χ1v) is 8.05. The SMILES string of the molecule is C=Cc1cnc2nc(-c3cc(NC(=O)c4ccco4)ccc3Cl)oc2c1. The molecule has 0 unspecified atom stereocenters. The summed E-state index contributed by atoms with van der Waals surface area (Å²) in [6.45, 7) is 3.71. The lowest BCUT2D eigenvalue weighted by molar-refractivity contribution is 0.0996. The normalized spacial score (nSPS) is 10.8. The Balaban J connectivity index is 1.70. The number of anilines is 1. The molecule has 4 rings (SSSR count). The van der Waals surface area contributed by atoms with Crippen LogP contribution in [0.25, 0.3) is 28.8 Å². The summed E-state index contributed by atoms with van der Waals surface area (Å²) in [7, 11) is 0. The summed E-state index contributed by atoms with van der Waals surface area (Å²) < 4.78 is 10.9. The van der Waals surface area contributed by atoms with Gasteiger partial charge in [0.25, 0.3) is 5.91 Å². The second-order valence-electron chi connectivity index (χ2n) is 5.44. The number of hydrogen-bond acceptors (Lipinski definition) is 5. The van der Waals surface area contributed by atoms with Crippen molar-refractivity contribution in [1.82, 2.24) is 9.97 Å². The molecule has 3 aromatic heterocycles. The summed E-state index contributed by atoms with van der Waals surface area (Å²) in [5.41, 5.74) is 2.89. The van der Waals surface area contributed by atoms with Gasteiger partial charge in [0.1, 0.15) is 0 Å². The third-order valence-corrected chi connectivity index (χ3v) is 4.03. The first-order chi connectivity index (χ1) is 12.6. The molecule has 0 aliphatic heterocycles. The molecular formula is C19H12ClN3O3. The predicted octanol–water partition coefficient (Wildman–Crippen LogP) is 5.03. The molecule has 128 valence electrons. The summed E-state index contributed by atoms with van der Waals surface area (Å²) >= 11 is 6.29. The van der Waals surface area contributed by atoms with Crippen LogP contribution in [0, 0.1) is 0 Å². The lowest BCUT2D eigenvalue weighted by atomic mass is 10.2. The number of amides is 1. The van der Waals surface area contributed by atoms with Crippen LogP contribution >= 0.6 is 11.6 Å². The van der Waals surface area contributed by atoms with Crippen LogP contribution in [0.15, 0.2) is 64.3 Å². The van der Waals surface area contributed by atoms with E-state index in [-0.39, 0.29) is 11.7 Å². The van der Waals surface area contributed by atoms with Crippen molar-refractivity contribution in [2.24, 2.45) is 0 Å². The van der Waals surface area contributed by atoms with E-state index in [0.717, 1.165) is 5.56 Å². The van der Waals surface area contributed by atoms with Crippen molar-refractivity contribution < 1.29 is 13.6 Å². The van der Waals surface area contributed by atoms with Crippen LogP contribution in [0.4, 0.5) is 5.69 Å². The van der Waals surface area contributed by atoms with Gasteiger partial charge in [-0.1, -0.05) is 24.3 Å². The summed E-state index contributed by atoms with van der Waals surface area (Å²) in [6, 6.07) is 10.0. The van der Waals surface area contributed by atoms with E-state index in [0.29, 0.717) is 33.4 Å². The standard InChI is InChI=1S/C19H12ClN3O3/c1-2-11-8-16-17(21-10-11)23-19(26-16)13-9-12(5-6-14(13)20)22-18(24)15-4-3-7-25-15/h2-10H,1H2,(H,22,24). The number of carbonyl (C=O) groups excluding carboxylic acids is 1. The number of carbonyl (C=O) groups is 1. The van der Waals surface area contributed by atoms with Crippen LogP contribution in [-0.4, -0.2) is 15.9 Å². The second-order valence-corrected chi connectivity index (χ2v) is 5.85. The molecule has 6 nitrogen and oxygen atoms in total. The highest BCUT2D eigenvalue weighted by Gasteiger charge is 2.15. The number of nitrogens with zero attached hydrogens (tertiary/aromatic N) is 2. The Morgan fingerprint density at radius 3 is 2.92 bits per heavy atom. The van der Waals surface area contributed by atoms with Gasteiger partial charge in [-0.05, 0) is 42.0 Å². The van der Waals surface area contributed by atoms with E-state index in [4.69, 9.17) is 20.4 Å². The summed E-state index contributed by atoms with van der Waals surface area (Å²) in [6.07, 6.45) is 4.76. The van der Waals surface area contributed by atoms with Crippen molar-refractivity contribution in [2.45, 2.75) is 0 Å². The molecule has 1 amide bonds. The van der Waals surface area contributed by atoms with Crippen molar-refractivity contribution in [3.05, 3.63) is 71.8 Å². The topological polar surface area (TPSA) is 81.2 Å². The van der Waals surface area contributed by atoms with Crippen molar-refractivity contribution >= 4 is 40.5 Å². The second kappa shape index (κ2) is 6.50. The molecule has 26 heavy (non-hydrogen) atoms. The zero-order valence-electron chi connectivity index (χ0n) is 13.4. The number of fused-ring (bicyclic) bond motifs is 1. The highest BCUT2D eigenvalue weighted by molar-refractivity contribution is 6.33. The van der Waals surface area contributed by atoms with Crippen LogP contribution in [0.2, 0.25) is 5.02 Å². The molecule has 0 radical (unpaired) electrons. The molecule has 0 saturated heterocycles. The van der Waals surface area contributed by atoms with Crippen LogP contribution in [-0.2, 0) is 0 Å². The fourth-order valence-electron chi connectivity index (χ4n) is 2.43. The third-order valence-electron chi connectivity index (χ3n) is 3.70. The first kappa shape index (κ1) is 16.1. The fraction of sp³-hybridized carbons (Fsp3) is 0. The van der Waals surface area contributed by atoms with Gasteiger partial charge in [-0.15, -0.1) is 0 Å². The van der Waals surface area contributed by atoms with Crippen molar-refractivity contribution in [3.63, 3.8) is 0 Å². The van der Waals surface area contributed by atoms with Gasteiger partial charge < -0.3 is 14.2 Å². The molecule has 0 spiro atoms. The lowest BCUT2D eigenvalue weighted by Crippen LogP contribution is -2.10. The minimum Gasteiger partial charge on any atom is -0.459 e. The Labute approximate surface area is 153 Å². The minimum absolute atomic E-state index is 0.213. The highest BCUT2D eigenvalue weighted by atomic mass is 35.5. The van der Waals surface area contributed by atoms with E-state index < -0.39 is 0 Å². The molecule has 0 aliphatic rings. The maximum absolute atomic E-state index is 12.1. The van der Waals surface area contributed by atoms with E-state index in [1.54, 1.807) is 48.7 Å². The fourth-order valence-corrected chi connectivity index (χ4v) is 2.63. The highest BCUT2D eigenvalue weighted by Crippen LogP contribution is 2.32. The molecule has 0 aliphatic carbocycles. The summed E-state index contributed by atoms with van der Waals surface area (Å²) in [5.74, 6) is 0.162. The zero-order valence-corrected chi connectivity index (χ0v) is 14.2. The lowest BCUT2D eigenvalue weighted by Gasteiger charge is -2.06. The average molecular weight is 366 g/mol. The Morgan fingerprint density at radius 2 is 2.15 bits per heavy atom. The van der Waals surface area contributed by atoms with Crippen molar-refractivity contribution in [1.29, 1.82) is 0 Å². The number of pyridine rings is 1. The van der Waals surface area contributed by atoms with Crippen LogP contribution in [0.1, 0.15) is 16.1 Å². The van der Waals surface area contributed by atoms with Crippen molar-refractivity contribution in [2.75, 3.05) is 5.32 Å². The molecular weight excluding hydrogens is 354 g/mol. The molecule has 0 bridgehead atoms. The molecule has 1 aromatic carbocycles. The molecule has 3 heterocycles. The maximum Gasteiger partial charge on any atom is 0.291 e. The van der Waals surface area contributed by atoms with E-state index in [9.17, 15) is 4.79 Å². The number of aromatic nitrogens is 2. The van der Waals surface area contributed by atoms with Crippen LogP contribution in [0.3, 0.4) is 0 Å². The van der Waals surface area contributed by atoms with Crippen molar-refractivity contribution in [3.8, 4) is 11.5 Å². The van der Waals surface area contributed by atoms with Gasteiger partial charge >= 0.3 is 0 Å². The van der Waals surface area contributed by atoms with E-state index >= 15 is 0 Å². The molecule has 0 saturated carbocycles. The number of oxazole rings is 1. The molecule has 0 atom stereocenters. The van der Waals surface area contributed by atoms with Gasteiger partial charge in [0.2, 0.25) is 5.89 Å². The summed E-state index contributed by atoms with van der Waals surface area (Å²) in [4.78, 5) is 20.7. The van der Waals surface area contributed by atoms with E-state index in [2.05, 4.69) is 21.9 Å². The Morgan fingerprint density at radius 1 is 1.27 bits per heavy atom. The van der Waals surface area contributed by atoms with Crippen LogP contribution in [0.5, 0.6) is 0 Å². The smallest absolute Gasteiger partial charge is 0.291 e. The Kier molecular flexibility index (Phi) is 4.02. The number of hydrogen-bond donors (Lipinski definition) is 1. The number of rotatable bonds is 4. The van der Waals surface area contributed by atoms with Gasteiger partial charge in [0, 0.05) is 11.9 Å². The van der Waals surface area contributed by atoms with E-state index in [1.807, 2.05) is 0 Å². The molecule has 0 fully saturated rings. The quantitative estimate of drug-likeness (QED) is 0.548. The van der Waals surface area contributed by atoms with Crippen LogP contribution < -0.4 is 5.32 Å². The maximum atomic E-state index is 12.1. The van der Waals surface area contributed by atoms with Gasteiger partial charge in [-0.25, -0.2) is 4.98 Å². The monoisotopic (exact) mass is 365 g/mol. The van der Waals surface area contributed by atoms with Gasteiger partial charge in [-0.3, -0.25) is 4.79 Å². The van der Waals surface area contributed by atoms with Gasteiger partial charge in [0.05, 0.1) is 16.8 Å². The van der Waals surface area contributed by atoms with Gasteiger partial charge in [0.15, 0.2) is 17.0 Å². The Hall–Kier alpha value is -3.38. The Bertz CT molecular complexity index is 1120. The average Bonchev–Trinajstić information content (AvgIpc) is 3.32. The molecule has 1 N–H and O–H groups in total. The number of nitrogens with one attached hydrogen (secondary N) is 1. The number of furan rings is 1.